The Morgan fingerprint density at radius 2 is 1.74 bits per heavy atom. The SMILES string of the molecule is c1ccc(CCOc2ccnc3ccccc23)nc1. The molecule has 0 atom stereocenters. The van der Waals surface area contributed by atoms with Crippen LogP contribution in [0.4, 0.5) is 0 Å². The second-order valence-corrected chi connectivity index (χ2v) is 4.25. The maximum Gasteiger partial charge on any atom is 0.130 e. The van der Waals surface area contributed by atoms with Gasteiger partial charge in [-0.2, -0.15) is 0 Å². The molecular formula is C16H14N2O. The lowest BCUT2D eigenvalue weighted by molar-refractivity contribution is 0.324. The van der Waals surface area contributed by atoms with Crippen molar-refractivity contribution in [3.05, 3.63) is 66.6 Å². The molecule has 0 saturated carbocycles. The first-order valence-electron chi connectivity index (χ1n) is 6.30. The maximum atomic E-state index is 5.84. The summed E-state index contributed by atoms with van der Waals surface area (Å²) in [6, 6.07) is 15.8. The van der Waals surface area contributed by atoms with Crippen LogP contribution in [0.1, 0.15) is 5.69 Å². The van der Waals surface area contributed by atoms with Gasteiger partial charge in [-0.1, -0.05) is 18.2 Å². The average Bonchev–Trinajstić information content (AvgIpc) is 2.49. The van der Waals surface area contributed by atoms with Crippen LogP contribution in [0.15, 0.2) is 60.9 Å². The lowest BCUT2D eigenvalue weighted by Gasteiger charge is -2.08. The molecule has 0 N–H and O–H groups in total. The van der Waals surface area contributed by atoms with Gasteiger partial charge in [0.2, 0.25) is 0 Å². The predicted molar refractivity (Wildman–Crippen MR) is 75.2 cm³/mol. The molecule has 0 spiro atoms. The molecule has 0 fully saturated rings. The highest BCUT2D eigenvalue weighted by Gasteiger charge is 2.02. The molecule has 0 aliphatic rings. The predicted octanol–water partition coefficient (Wildman–Crippen LogP) is 3.25. The zero-order valence-corrected chi connectivity index (χ0v) is 10.5. The minimum atomic E-state index is 0.616. The van der Waals surface area contributed by atoms with Gasteiger partial charge in [0.25, 0.3) is 0 Å². The number of hydrogen-bond donors (Lipinski definition) is 0. The lowest BCUT2D eigenvalue weighted by atomic mass is 10.2. The molecule has 0 saturated heterocycles. The number of pyridine rings is 2. The standard InChI is InChI=1S/C16H14N2O/c1-2-7-15-14(6-1)16(8-11-18-15)19-12-9-13-5-3-4-10-17-13/h1-8,10-11H,9,12H2. The van der Waals surface area contributed by atoms with Crippen LogP contribution < -0.4 is 4.74 Å². The summed E-state index contributed by atoms with van der Waals surface area (Å²) < 4.78 is 5.84. The average molecular weight is 250 g/mol. The number of fused-ring (bicyclic) bond motifs is 1. The van der Waals surface area contributed by atoms with Crippen molar-refractivity contribution in [2.45, 2.75) is 6.42 Å². The third-order valence-corrected chi connectivity index (χ3v) is 2.95. The summed E-state index contributed by atoms with van der Waals surface area (Å²) in [6.45, 7) is 0.616. The van der Waals surface area contributed by atoms with E-state index < -0.39 is 0 Å². The molecule has 0 aliphatic heterocycles. The summed E-state index contributed by atoms with van der Waals surface area (Å²) >= 11 is 0. The maximum absolute atomic E-state index is 5.84. The summed E-state index contributed by atoms with van der Waals surface area (Å²) in [6.07, 6.45) is 4.38. The van der Waals surface area contributed by atoms with Gasteiger partial charge in [-0.05, 0) is 30.3 Å². The van der Waals surface area contributed by atoms with Gasteiger partial charge in [0.05, 0.1) is 12.1 Å². The van der Waals surface area contributed by atoms with Crippen LogP contribution in [0.25, 0.3) is 10.9 Å². The number of nitrogens with zero attached hydrogens (tertiary/aromatic N) is 2. The quantitative estimate of drug-likeness (QED) is 0.713. The molecule has 3 rings (SSSR count). The fourth-order valence-electron chi connectivity index (χ4n) is 2.01. The van der Waals surface area contributed by atoms with Gasteiger partial charge in [-0.3, -0.25) is 9.97 Å². The van der Waals surface area contributed by atoms with E-state index in [2.05, 4.69) is 9.97 Å². The molecule has 2 heterocycles. The van der Waals surface area contributed by atoms with Crippen LogP contribution in [0.2, 0.25) is 0 Å². The van der Waals surface area contributed by atoms with Gasteiger partial charge in [0.1, 0.15) is 5.75 Å². The van der Waals surface area contributed by atoms with Crippen LogP contribution >= 0.6 is 0 Å². The minimum absolute atomic E-state index is 0.616. The number of rotatable bonds is 4. The zero-order chi connectivity index (χ0) is 12.9. The topological polar surface area (TPSA) is 35.0 Å². The Kier molecular flexibility index (Phi) is 3.36. The van der Waals surface area contributed by atoms with E-state index in [4.69, 9.17) is 4.74 Å². The normalized spacial score (nSPS) is 10.5. The molecule has 3 aromatic rings. The smallest absolute Gasteiger partial charge is 0.130 e. The van der Waals surface area contributed by atoms with E-state index in [0.29, 0.717) is 6.61 Å². The first kappa shape index (κ1) is 11.7. The highest BCUT2D eigenvalue weighted by Crippen LogP contribution is 2.23. The van der Waals surface area contributed by atoms with Crippen LogP contribution in [0.5, 0.6) is 5.75 Å². The van der Waals surface area contributed by atoms with Crippen molar-refractivity contribution in [1.82, 2.24) is 9.97 Å². The fourth-order valence-corrected chi connectivity index (χ4v) is 2.01. The van der Waals surface area contributed by atoms with Crippen molar-refractivity contribution in [2.24, 2.45) is 0 Å². The lowest BCUT2D eigenvalue weighted by Crippen LogP contribution is -2.03. The van der Waals surface area contributed by atoms with E-state index >= 15 is 0 Å². The van der Waals surface area contributed by atoms with Crippen LogP contribution in [-0.2, 0) is 6.42 Å². The van der Waals surface area contributed by atoms with Gasteiger partial charge < -0.3 is 4.74 Å². The third kappa shape index (κ3) is 2.71. The Balaban J connectivity index is 1.72. The number of hydrogen-bond acceptors (Lipinski definition) is 3. The fraction of sp³-hybridized carbons (Fsp3) is 0.125. The highest BCUT2D eigenvalue weighted by atomic mass is 16.5. The van der Waals surface area contributed by atoms with Crippen molar-refractivity contribution in [3.63, 3.8) is 0 Å². The number of para-hydroxylation sites is 1. The molecule has 2 aromatic heterocycles. The van der Waals surface area contributed by atoms with E-state index in [0.717, 1.165) is 28.8 Å². The van der Waals surface area contributed by atoms with Gasteiger partial charge in [-0.25, -0.2) is 0 Å². The van der Waals surface area contributed by atoms with E-state index in [9.17, 15) is 0 Å². The molecule has 0 unspecified atom stereocenters. The Bertz CT molecular complexity index is 662. The largest absolute Gasteiger partial charge is 0.492 e. The third-order valence-electron chi connectivity index (χ3n) is 2.95. The second kappa shape index (κ2) is 5.48. The Morgan fingerprint density at radius 3 is 2.63 bits per heavy atom. The van der Waals surface area contributed by atoms with Crippen molar-refractivity contribution in [2.75, 3.05) is 6.61 Å². The zero-order valence-electron chi connectivity index (χ0n) is 10.5. The van der Waals surface area contributed by atoms with E-state index in [1.165, 1.54) is 0 Å². The molecule has 19 heavy (non-hydrogen) atoms. The molecular weight excluding hydrogens is 236 g/mol. The first-order chi connectivity index (χ1) is 9.43. The Labute approximate surface area is 111 Å². The monoisotopic (exact) mass is 250 g/mol. The van der Waals surface area contributed by atoms with Crippen molar-refractivity contribution < 1.29 is 4.74 Å². The number of aromatic nitrogens is 2. The molecule has 0 amide bonds. The van der Waals surface area contributed by atoms with Crippen molar-refractivity contribution in [3.8, 4) is 5.75 Å². The Morgan fingerprint density at radius 1 is 0.842 bits per heavy atom. The van der Waals surface area contributed by atoms with Gasteiger partial charge in [0, 0.05) is 29.9 Å². The molecule has 94 valence electrons. The highest BCUT2D eigenvalue weighted by molar-refractivity contribution is 5.84. The Hall–Kier alpha value is -2.42. The summed E-state index contributed by atoms with van der Waals surface area (Å²) in [7, 11) is 0. The van der Waals surface area contributed by atoms with Gasteiger partial charge in [-0.15, -0.1) is 0 Å². The van der Waals surface area contributed by atoms with E-state index in [1.54, 1.807) is 12.4 Å². The van der Waals surface area contributed by atoms with E-state index in [1.807, 2.05) is 48.5 Å². The molecule has 0 bridgehead atoms. The number of benzene rings is 1. The molecule has 0 aliphatic carbocycles. The molecule has 0 radical (unpaired) electrons. The summed E-state index contributed by atoms with van der Waals surface area (Å²) in [5.74, 6) is 0.876. The van der Waals surface area contributed by atoms with E-state index in [-0.39, 0.29) is 0 Å². The number of ether oxygens (including phenoxy) is 1. The minimum Gasteiger partial charge on any atom is -0.492 e. The molecule has 3 heteroatoms. The van der Waals surface area contributed by atoms with Crippen molar-refractivity contribution >= 4 is 10.9 Å². The summed E-state index contributed by atoms with van der Waals surface area (Å²) in [4.78, 5) is 8.60. The van der Waals surface area contributed by atoms with Crippen molar-refractivity contribution in [1.29, 1.82) is 0 Å². The first-order valence-corrected chi connectivity index (χ1v) is 6.30. The van der Waals surface area contributed by atoms with Gasteiger partial charge in [0.15, 0.2) is 0 Å². The van der Waals surface area contributed by atoms with Crippen LogP contribution in [0, 0.1) is 0 Å². The van der Waals surface area contributed by atoms with Crippen LogP contribution in [0.3, 0.4) is 0 Å². The molecule has 3 nitrogen and oxygen atoms in total. The second-order valence-electron chi connectivity index (χ2n) is 4.25. The summed E-state index contributed by atoms with van der Waals surface area (Å²) in [5.41, 5.74) is 2.00. The van der Waals surface area contributed by atoms with Crippen LogP contribution in [-0.4, -0.2) is 16.6 Å². The van der Waals surface area contributed by atoms with Gasteiger partial charge >= 0.3 is 0 Å². The summed E-state index contributed by atoms with van der Waals surface area (Å²) in [5, 5.41) is 1.05. The molecule has 1 aromatic carbocycles.